The van der Waals surface area contributed by atoms with Crippen molar-refractivity contribution in [2.75, 3.05) is 13.7 Å². The maximum atomic E-state index is 12.3. The fourth-order valence-corrected chi connectivity index (χ4v) is 3.59. The molecule has 0 saturated carbocycles. The largest absolute Gasteiger partial charge is 0.497 e. The van der Waals surface area contributed by atoms with E-state index in [1.165, 1.54) is 0 Å². The van der Waals surface area contributed by atoms with E-state index >= 15 is 0 Å². The summed E-state index contributed by atoms with van der Waals surface area (Å²) in [7, 11) is 1.63. The molecule has 5 nitrogen and oxygen atoms in total. The van der Waals surface area contributed by atoms with E-state index in [1.54, 1.807) is 20.2 Å². The van der Waals surface area contributed by atoms with Crippen LogP contribution in [0.5, 0.6) is 5.75 Å². The number of fused-ring (bicyclic) bond motifs is 3. The molecule has 28 heavy (non-hydrogen) atoms. The van der Waals surface area contributed by atoms with E-state index in [1.807, 2.05) is 48.5 Å². The van der Waals surface area contributed by atoms with Gasteiger partial charge in [0.15, 0.2) is 0 Å². The van der Waals surface area contributed by atoms with Gasteiger partial charge in [-0.3, -0.25) is 9.20 Å². The number of carbonyl (C=O) groups excluding carboxylic acids is 1. The fraction of sp³-hybridized carbons (Fsp3) is 0.182. The topological polar surface area (TPSA) is 52.8 Å². The van der Waals surface area contributed by atoms with Crippen LogP contribution in [0.3, 0.4) is 0 Å². The number of halogens is 1. The fourth-order valence-electron chi connectivity index (χ4n) is 3.47. The second-order valence-corrected chi connectivity index (χ2v) is 6.78. The molecule has 2 aromatic carbocycles. The van der Waals surface area contributed by atoms with Crippen LogP contribution < -0.4 is 4.74 Å². The second-order valence-electron chi connectivity index (χ2n) is 6.34. The van der Waals surface area contributed by atoms with Gasteiger partial charge < -0.3 is 9.47 Å². The van der Waals surface area contributed by atoms with E-state index in [9.17, 15) is 4.79 Å². The smallest absolute Gasteiger partial charge is 0.310 e. The van der Waals surface area contributed by atoms with Gasteiger partial charge in [-0.2, -0.15) is 0 Å². The molecular weight excluding hydrogens is 376 g/mol. The zero-order valence-corrected chi connectivity index (χ0v) is 16.4. The van der Waals surface area contributed by atoms with Crippen LogP contribution in [-0.4, -0.2) is 29.1 Å². The van der Waals surface area contributed by atoms with Crippen LogP contribution in [0.25, 0.3) is 27.8 Å². The average Bonchev–Trinajstić information content (AvgIpc) is 3.02. The van der Waals surface area contributed by atoms with Crippen LogP contribution in [0, 0.1) is 0 Å². The molecule has 0 atom stereocenters. The Hall–Kier alpha value is -3.05. The molecule has 0 bridgehead atoms. The number of nitrogens with zero attached hydrogens (tertiary/aromatic N) is 2. The first-order valence-electron chi connectivity index (χ1n) is 9.00. The van der Waals surface area contributed by atoms with Crippen molar-refractivity contribution in [3.05, 3.63) is 65.3 Å². The van der Waals surface area contributed by atoms with Crippen molar-refractivity contribution in [1.82, 2.24) is 9.38 Å². The van der Waals surface area contributed by atoms with Crippen LogP contribution in [0.15, 0.2) is 54.7 Å². The number of esters is 1. The Morgan fingerprint density at radius 3 is 2.61 bits per heavy atom. The Kier molecular flexibility index (Phi) is 4.92. The van der Waals surface area contributed by atoms with Gasteiger partial charge in [0.25, 0.3) is 0 Å². The molecule has 0 aliphatic rings. The first kappa shape index (κ1) is 18.3. The summed E-state index contributed by atoms with van der Waals surface area (Å²) in [5.41, 5.74) is 3.69. The summed E-state index contributed by atoms with van der Waals surface area (Å²) in [5, 5.41) is 1.61. The number of hydrogen-bond donors (Lipinski definition) is 0. The lowest BCUT2D eigenvalue weighted by Crippen LogP contribution is -2.07. The molecule has 4 aromatic rings. The Balaban J connectivity index is 2.02. The summed E-state index contributed by atoms with van der Waals surface area (Å²) in [5.74, 6) is 1.25. The molecule has 0 aliphatic heterocycles. The Labute approximate surface area is 167 Å². The molecule has 142 valence electrons. The highest BCUT2D eigenvalue weighted by Gasteiger charge is 2.19. The van der Waals surface area contributed by atoms with Gasteiger partial charge in [0.05, 0.1) is 31.2 Å². The van der Waals surface area contributed by atoms with Gasteiger partial charge in [-0.25, -0.2) is 4.98 Å². The van der Waals surface area contributed by atoms with Gasteiger partial charge in [0.1, 0.15) is 11.6 Å². The maximum absolute atomic E-state index is 12.3. The molecule has 2 heterocycles. The minimum Gasteiger partial charge on any atom is -0.497 e. The van der Waals surface area contributed by atoms with E-state index in [0.717, 1.165) is 39.1 Å². The molecule has 6 heteroatoms. The number of methoxy groups -OCH3 is 1. The number of aromatic nitrogens is 2. The van der Waals surface area contributed by atoms with E-state index in [4.69, 9.17) is 21.1 Å². The molecule has 2 aromatic heterocycles. The Morgan fingerprint density at radius 1 is 1.11 bits per heavy atom. The minimum atomic E-state index is -0.260. The van der Waals surface area contributed by atoms with Gasteiger partial charge in [-0.15, -0.1) is 0 Å². The van der Waals surface area contributed by atoms with E-state index in [-0.39, 0.29) is 12.4 Å². The molecule has 0 N–H and O–H groups in total. The lowest BCUT2D eigenvalue weighted by atomic mass is 10.1. The maximum Gasteiger partial charge on any atom is 0.310 e. The number of benzene rings is 2. The lowest BCUT2D eigenvalue weighted by molar-refractivity contribution is -0.142. The van der Waals surface area contributed by atoms with E-state index < -0.39 is 0 Å². The van der Waals surface area contributed by atoms with E-state index in [2.05, 4.69) is 9.38 Å². The molecule has 0 saturated heterocycles. The summed E-state index contributed by atoms with van der Waals surface area (Å²) >= 11 is 6.04. The van der Waals surface area contributed by atoms with Crippen LogP contribution in [0.4, 0.5) is 0 Å². The van der Waals surface area contributed by atoms with E-state index in [0.29, 0.717) is 11.6 Å². The van der Waals surface area contributed by atoms with Crippen molar-refractivity contribution in [2.24, 2.45) is 0 Å². The summed E-state index contributed by atoms with van der Waals surface area (Å²) in [6, 6.07) is 15.3. The molecule has 0 amide bonds. The van der Waals surface area contributed by atoms with Crippen molar-refractivity contribution in [3.63, 3.8) is 0 Å². The van der Waals surface area contributed by atoms with Crippen LogP contribution in [0.2, 0.25) is 5.02 Å². The molecular formula is C22H19ClN2O3. The number of carbonyl (C=O) groups is 1. The molecule has 0 aliphatic carbocycles. The average molecular weight is 395 g/mol. The highest BCUT2D eigenvalue weighted by atomic mass is 35.5. The highest BCUT2D eigenvalue weighted by molar-refractivity contribution is 6.30. The first-order valence-corrected chi connectivity index (χ1v) is 9.37. The van der Waals surface area contributed by atoms with Gasteiger partial charge in [0, 0.05) is 22.2 Å². The summed E-state index contributed by atoms with van der Waals surface area (Å²) in [4.78, 5) is 16.9. The van der Waals surface area contributed by atoms with Crippen molar-refractivity contribution >= 4 is 34.0 Å². The van der Waals surface area contributed by atoms with Crippen molar-refractivity contribution in [3.8, 4) is 17.1 Å². The first-order chi connectivity index (χ1) is 13.6. The number of rotatable bonds is 5. The van der Waals surface area contributed by atoms with Crippen molar-refractivity contribution < 1.29 is 14.3 Å². The number of ether oxygens (including phenoxy) is 2. The molecule has 0 radical (unpaired) electrons. The summed E-state index contributed by atoms with van der Waals surface area (Å²) in [6.45, 7) is 2.16. The highest BCUT2D eigenvalue weighted by Crippen LogP contribution is 2.33. The summed E-state index contributed by atoms with van der Waals surface area (Å²) < 4.78 is 12.6. The molecule has 4 rings (SSSR count). The van der Waals surface area contributed by atoms with Crippen LogP contribution in [0.1, 0.15) is 12.5 Å². The standard InChI is InChI=1S/C22H19ClN2O3/c1-3-28-21(26)13-18-17-12-16(27-2)8-9-19(17)25-20(18)10-11-24-22(25)14-4-6-15(23)7-5-14/h4-12H,3,13H2,1-2H3. The van der Waals surface area contributed by atoms with Crippen LogP contribution >= 0.6 is 11.6 Å². The predicted molar refractivity (Wildman–Crippen MR) is 110 cm³/mol. The third-order valence-electron chi connectivity index (χ3n) is 4.69. The molecule has 0 unspecified atom stereocenters. The second kappa shape index (κ2) is 7.52. The third kappa shape index (κ3) is 3.18. The van der Waals surface area contributed by atoms with Gasteiger partial charge in [-0.05, 0) is 61.0 Å². The van der Waals surface area contributed by atoms with Gasteiger partial charge in [-0.1, -0.05) is 11.6 Å². The lowest BCUT2D eigenvalue weighted by Gasteiger charge is -2.07. The number of hydrogen-bond acceptors (Lipinski definition) is 4. The minimum absolute atomic E-state index is 0.179. The monoisotopic (exact) mass is 394 g/mol. The third-order valence-corrected chi connectivity index (χ3v) is 4.94. The van der Waals surface area contributed by atoms with Crippen molar-refractivity contribution in [2.45, 2.75) is 13.3 Å². The van der Waals surface area contributed by atoms with Crippen LogP contribution in [-0.2, 0) is 16.0 Å². The Bertz CT molecular complexity index is 1170. The predicted octanol–water partition coefficient (Wildman–Crippen LogP) is 4.92. The summed E-state index contributed by atoms with van der Waals surface area (Å²) in [6.07, 6.45) is 1.93. The zero-order valence-electron chi connectivity index (χ0n) is 15.6. The Morgan fingerprint density at radius 2 is 1.89 bits per heavy atom. The SMILES string of the molecule is CCOC(=O)Cc1c2cc(OC)ccc2n2c(-c3ccc(Cl)cc3)nccc12. The van der Waals surface area contributed by atoms with Gasteiger partial charge in [0.2, 0.25) is 0 Å². The quantitative estimate of drug-likeness (QED) is 0.451. The molecule has 0 spiro atoms. The zero-order chi connectivity index (χ0) is 19.7. The van der Waals surface area contributed by atoms with Gasteiger partial charge >= 0.3 is 5.97 Å². The molecule has 0 fully saturated rings. The normalized spacial score (nSPS) is 11.1. The van der Waals surface area contributed by atoms with Crippen molar-refractivity contribution in [1.29, 1.82) is 0 Å².